The second-order valence-corrected chi connectivity index (χ2v) is 7.98. The van der Waals surface area contributed by atoms with Gasteiger partial charge in [0.2, 0.25) is 0 Å². The lowest BCUT2D eigenvalue weighted by atomic mass is 9.97. The Morgan fingerprint density at radius 2 is 2.04 bits per heavy atom. The molecular formula is C18H21N7S. The zero-order valence-electron chi connectivity index (χ0n) is 14.5. The van der Waals surface area contributed by atoms with Crippen LogP contribution < -0.4 is 0 Å². The van der Waals surface area contributed by atoms with Gasteiger partial charge in [0.15, 0.2) is 10.8 Å². The SMILES string of the molecule is c1cnc(-c2nc(CN3CCCC(c4nncn4C4CC4)C3)cs2)nc1. The summed E-state index contributed by atoms with van der Waals surface area (Å²) in [5.74, 6) is 2.36. The fourth-order valence-corrected chi connectivity index (χ4v) is 4.46. The van der Waals surface area contributed by atoms with Gasteiger partial charge in [-0.15, -0.1) is 21.5 Å². The Balaban J connectivity index is 1.27. The maximum atomic E-state index is 4.74. The van der Waals surface area contributed by atoms with E-state index in [0.717, 1.165) is 30.3 Å². The van der Waals surface area contributed by atoms with E-state index in [-0.39, 0.29) is 0 Å². The first-order valence-electron chi connectivity index (χ1n) is 9.20. The molecule has 0 radical (unpaired) electrons. The van der Waals surface area contributed by atoms with Crippen LogP contribution in [-0.4, -0.2) is 47.7 Å². The molecule has 2 fully saturated rings. The summed E-state index contributed by atoms with van der Waals surface area (Å²) in [7, 11) is 0. The molecule has 1 atom stereocenters. The van der Waals surface area contributed by atoms with Crippen LogP contribution in [0.3, 0.4) is 0 Å². The Bertz CT molecular complexity index is 871. The normalized spacial score (nSPS) is 21.2. The molecule has 5 rings (SSSR count). The van der Waals surface area contributed by atoms with Crippen molar-refractivity contribution in [3.05, 3.63) is 41.7 Å². The first-order valence-corrected chi connectivity index (χ1v) is 10.1. The van der Waals surface area contributed by atoms with Crippen LogP contribution in [0.2, 0.25) is 0 Å². The number of likely N-dealkylation sites (tertiary alicyclic amines) is 1. The Labute approximate surface area is 156 Å². The van der Waals surface area contributed by atoms with Gasteiger partial charge in [-0.05, 0) is 38.3 Å². The molecule has 0 spiro atoms. The van der Waals surface area contributed by atoms with Gasteiger partial charge in [0.25, 0.3) is 0 Å². The van der Waals surface area contributed by atoms with Crippen molar-refractivity contribution in [1.29, 1.82) is 0 Å². The van der Waals surface area contributed by atoms with E-state index in [9.17, 15) is 0 Å². The molecule has 8 heteroatoms. The summed E-state index contributed by atoms with van der Waals surface area (Å²) in [6.45, 7) is 3.01. The molecule has 1 unspecified atom stereocenters. The Kier molecular flexibility index (Phi) is 4.22. The van der Waals surface area contributed by atoms with Crippen LogP contribution in [0.5, 0.6) is 0 Å². The van der Waals surface area contributed by atoms with Crippen molar-refractivity contribution < 1.29 is 0 Å². The van der Waals surface area contributed by atoms with Crippen LogP contribution in [0.15, 0.2) is 30.2 Å². The first kappa shape index (κ1) is 16.0. The topological polar surface area (TPSA) is 72.6 Å². The minimum absolute atomic E-state index is 0.474. The number of hydrogen-bond donors (Lipinski definition) is 0. The molecule has 0 amide bonds. The highest BCUT2D eigenvalue weighted by atomic mass is 32.1. The number of aromatic nitrogens is 6. The highest BCUT2D eigenvalue weighted by Gasteiger charge is 2.31. The van der Waals surface area contributed by atoms with Crippen molar-refractivity contribution in [3.63, 3.8) is 0 Å². The van der Waals surface area contributed by atoms with Gasteiger partial charge in [-0.3, -0.25) is 4.90 Å². The molecule has 134 valence electrons. The summed E-state index contributed by atoms with van der Waals surface area (Å²) in [6.07, 6.45) is 10.4. The molecule has 0 aromatic carbocycles. The fraction of sp³-hybridized carbons (Fsp3) is 0.500. The third-order valence-electron chi connectivity index (χ3n) is 5.11. The van der Waals surface area contributed by atoms with Gasteiger partial charge in [-0.2, -0.15) is 0 Å². The Hall–Kier alpha value is -2.19. The van der Waals surface area contributed by atoms with Crippen molar-refractivity contribution in [1.82, 2.24) is 34.6 Å². The van der Waals surface area contributed by atoms with Gasteiger partial charge < -0.3 is 4.57 Å². The van der Waals surface area contributed by atoms with Gasteiger partial charge in [0.1, 0.15) is 12.2 Å². The predicted molar refractivity (Wildman–Crippen MR) is 98.7 cm³/mol. The van der Waals surface area contributed by atoms with Crippen molar-refractivity contribution in [2.45, 2.75) is 44.2 Å². The largest absolute Gasteiger partial charge is 0.314 e. The maximum absolute atomic E-state index is 4.74. The molecule has 1 aliphatic carbocycles. The standard InChI is InChI=1S/C18H21N7S/c1-3-13(17-23-21-12-25(17)15-4-5-15)9-24(8-1)10-14-11-26-18(22-14)16-19-6-2-7-20-16/h2,6-7,11-13,15H,1,3-5,8-10H2. The molecule has 3 aromatic heterocycles. The number of piperidine rings is 1. The van der Waals surface area contributed by atoms with Crippen LogP contribution in [0.4, 0.5) is 0 Å². The van der Waals surface area contributed by atoms with E-state index in [4.69, 9.17) is 4.98 Å². The smallest absolute Gasteiger partial charge is 0.188 e. The Morgan fingerprint density at radius 1 is 1.15 bits per heavy atom. The lowest BCUT2D eigenvalue weighted by Gasteiger charge is -2.31. The molecule has 1 aliphatic heterocycles. The van der Waals surface area contributed by atoms with E-state index in [1.807, 2.05) is 12.4 Å². The summed E-state index contributed by atoms with van der Waals surface area (Å²) >= 11 is 1.62. The first-order chi connectivity index (χ1) is 12.9. The second kappa shape index (κ2) is 6.85. The highest BCUT2D eigenvalue weighted by molar-refractivity contribution is 7.13. The quantitative estimate of drug-likeness (QED) is 0.690. The molecule has 26 heavy (non-hydrogen) atoms. The van der Waals surface area contributed by atoms with E-state index < -0.39 is 0 Å². The maximum Gasteiger partial charge on any atom is 0.188 e. The summed E-state index contributed by atoms with van der Waals surface area (Å²) < 4.78 is 2.31. The third kappa shape index (κ3) is 3.26. The van der Waals surface area contributed by atoms with Crippen LogP contribution in [-0.2, 0) is 6.54 Å². The molecule has 3 aromatic rings. The molecule has 1 saturated carbocycles. The summed E-state index contributed by atoms with van der Waals surface area (Å²) in [6, 6.07) is 2.47. The third-order valence-corrected chi connectivity index (χ3v) is 5.99. The van der Waals surface area contributed by atoms with Crippen molar-refractivity contribution in [2.24, 2.45) is 0 Å². The number of rotatable bonds is 5. The van der Waals surface area contributed by atoms with Crippen LogP contribution in [0.25, 0.3) is 10.8 Å². The predicted octanol–water partition coefficient (Wildman–Crippen LogP) is 2.91. The number of thiazole rings is 1. The second-order valence-electron chi connectivity index (χ2n) is 7.12. The zero-order chi connectivity index (χ0) is 17.3. The average Bonchev–Trinajstić information content (AvgIpc) is 3.22. The summed E-state index contributed by atoms with van der Waals surface area (Å²) in [5.41, 5.74) is 1.10. The minimum Gasteiger partial charge on any atom is -0.314 e. The van der Waals surface area contributed by atoms with Crippen LogP contribution in [0, 0.1) is 0 Å². The Morgan fingerprint density at radius 3 is 2.88 bits per heavy atom. The van der Waals surface area contributed by atoms with Gasteiger partial charge in [-0.25, -0.2) is 15.0 Å². The van der Waals surface area contributed by atoms with E-state index in [0.29, 0.717) is 17.8 Å². The summed E-state index contributed by atoms with van der Waals surface area (Å²) in [4.78, 5) is 15.8. The van der Waals surface area contributed by atoms with Crippen molar-refractivity contribution in [3.8, 4) is 10.8 Å². The van der Waals surface area contributed by atoms with E-state index in [1.54, 1.807) is 23.7 Å². The lowest BCUT2D eigenvalue weighted by Crippen LogP contribution is -2.35. The number of nitrogens with zero attached hydrogens (tertiary/aromatic N) is 7. The molecule has 0 bridgehead atoms. The fourth-order valence-electron chi connectivity index (χ4n) is 3.71. The monoisotopic (exact) mass is 367 g/mol. The molecule has 4 heterocycles. The molecule has 2 aliphatic rings. The molecule has 7 nitrogen and oxygen atoms in total. The van der Waals surface area contributed by atoms with Crippen LogP contribution >= 0.6 is 11.3 Å². The molecular weight excluding hydrogens is 346 g/mol. The van der Waals surface area contributed by atoms with Gasteiger partial charge in [-0.1, -0.05) is 0 Å². The van der Waals surface area contributed by atoms with Gasteiger partial charge >= 0.3 is 0 Å². The van der Waals surface area contributed by atoms with Gasteiger partial charge in [0, 0.05) is 42.8 Å². The minimum atomic E-state index is 0.474. The highest BCUT2D eigenvalue weighted by Crippen LogP contribution is 2.38. The lowest BCUT2D eigenvalue weighted by molar-refractivity contribution is 0.193. The van der Waals surface area contributed by atoms with E-state index in [1.165, 1.54) is 31.5 Å². The summed E-state index contributed by atoms with van der Waals surface area (Å²) in [5, 5.41) is 11.6. The average molecular weight is 367 g/mol. The van der Waals surface area contributed by atoms with E-state index >= 15 is 0 Å². The van der Waals surface area contributed by atoms with Crippen molar-refractivity contribution in [2.75, 3.05) is 13.1 Å². The molecule has 1 saturated heterocycles. The van der Waals surface area contributed by atoms with Crippen LogP contribution in [0.1, 0.15) is 49.2 Å². The van der Waals surface area contributed by atoms with E-state index in [2.05, 4.69) is 35.0 Å². The number of hydrogen-bond acceptors (Lipinski definition) is 7. The van der Waals surface area contributed by atoms with Gasteiger partial charge in [0.05, 0.1) is 5.69 Å². The zero-order valence-corrected chi connectivity index (χ0v) is 15.3. The molecule has 0 N–H and O–H groups in total. The van der Waals surface area contributed by atoms with Crippen molar-refractivity contribution >= 4 is 11.3 Å².